The van der Waals surface area contributed by atoms with Crippen molar-refractivity contribution in [2.75, 3.05) is 5.73 Å². The first-order valence-electron chi connectivity index (χ1n) is 3.37. The summed E-state index contributed by atoms with van der Waals surface area (Å²) in [5, 5.41) is -1.31. The smallest absolute Gasteiger partial charge is 0.280 e. The predicted octanol–water partition coefficient (Wildman–Crippen LogP) is 2.63. The largest absolute Gasteiger partial charge is 0.396 e. The van der Waals surface area contributed by atoms with Crippen molar-refractivity contribution in [1.29, 1.82) is 0 Å². The van der Waals surface area contributed by atoms with E-state index >= 15 is 0 Å². The molecule has 14 heavy (non-hydrogen) atoms. The number of hydrogen-bond donors (Lipinski definition) is 1. The number of nitrogens with zero attached hydrogens (tertiary/aromatic N) is 1. The summed E-state index contributed by atoms with van der Waals surface area (Å²) >= 11 is 10.5. The van der Waals surface area contributed by atoms with Gasteiger partial charge < -0.3 is 5.73 Å². The average molecular weight is 241 g/mol. The van der Waals surface area contributed by atoms with E-state index in [1.807, 2.05) is 0 Å². The summed E-state index contributed by atoms with van der Waals surface area (Å²) in [7, 11) is 0. The topological polar surface area (TPSA) is 56.0 Å². The first kappa shape index (κ1) is 11.1. The molecule has 0 fully saturated rings. The molecule has 2 N–H and O–H groups in total. The molecule has 7 heteroatoms. The number of rotatable bonds is 2. The molecule has 0 aliphatic rings. The molecule has 0 aliphatic heterocycles. The Kier molecular flexibility index (Phi) is 3.23. The van der Waals surface area contributed by atoms with Crippen LogP contribution in [0.25, 0.3) is 0 Å². The van der Waals surface area contributed by atoms with Gasteiger partial charge in [-0.1, -0.05) is 11.6 Å². The quantitative estimate of drug-likeness (QED) is 0.639. The van der Waals surface area contributed by atoms with Crippen LogP contribution in [0, 0.1) is 0 Å². The third-order valence-corrected chi connectivity index (χ3v) is 1.96. The Morgan fingerprint density at radius 2 is 2.14 bits per heavy atom. The first-order chi connectivity index (χ1) is 6.43. The molecule has 0 amide bonds. The van der Waals surface area contributed by atoms with Gasteiger partial charge in [0, 0.05) is 0 Å². The highest BCUT2D eigenvalue weighted by atomic mass is 35.5. The molecule has 1 rings (SSSR count). The maximum absolute atomic E-state index is 12.2. The molecule has 0 unspecified atom stereocenters. The predicted molar refractivity (Wildman–Crippen MR) is 48.8 cm³/mol. The van der Waals surface area contributed by atoms with E-state index in [4.69, 9.17) is 28.9 Å². The molecule has 0 radical (unpaired) electrons. The van der Waals surface area contributed by atoms with Gasteiger partial charge in [0.05, 0.1) is 11.3 Å². The third kappa shape index (κ3) is 2.10. The van der Waals surface area contributed by atoms with Crippen LogP contribution in [-0.2, 0) is 0 Å². The molecule has 0 atom stereocenters. The normalized spacial score (nSPS) is 10.6. The van der Waals surface area contributed by atoms with Gasteiger partial charge in [0.1, 0.15) is 5.69 Å². The van der Waals surface area contributed by atoms with Crippen LogP contribution in [0.3, 0.4) is 0 Å². The molecular formula is C7H4Cl2F2N2O. The van der Waals surface area contributed by atoms with Gasteiger partial charge in [-0.15, -0.1) is 0 Å². The van der Waals surface area contributed by atoms with Gasteiger partial charge in [0.15, 0.2) is 5.15 Å². The Labute approximate surface area is 87.8 Å². The molecule has 0 saturated carbocycles. The van der Waals surface area contributed by atoms with E-state index < -0.39 is 17.4 Å². The van der Waals surface area contributed by atoms with Crippen LogP contribution in [0.15, 0.2) is 6.07 Å². The molecular weight excluding hydrogens is 237 g/mol. The van der Waals surface area contributed by atoms with Crippen LogP contribution >= 0.6 is 23.2 Å². The van der Waals surface area contributed by atoms with Crippen LogP contribution in [0.4, 0.5) is 14.5 Å². The van der Waals surface area contributed by atoms with Crippen LogP contribution in [0.5, 0.6) is 0 Å². The van der Waals surface area contributed by atoms with Crippen molar-refractivity contribution in [2.45, 2.75) is 6.43 Å². The summed E-state index contributed by atoms with van der Waals surface area (Å²) in [5.74, 6) is 0. The van der Waals surface area contributed by atoms with Gasteiger partial charge in [-0.3, -0.25) is 4.79 Å². The summed E-state index contributed by atoms with van der Waals surface area (Å²) in [6.07, 6.45) is -2.83. The highest BCUT2D eigenvalue weighted by molar-refractivity contribution is 6.68. The molecule has 3 nitrogen and oxygen atoms in total. The zero-order valence-corrected chi connectivity index (χ0v) is 8.11. The molecule has 1 aromatic heterocycles. The highest BCUT2D eigenvalue weighted by Crippen LogP contribution is 2.27. The average Bonchev–Trinajstić information content (AvgIpc) is 2.08. The number of anilines is 1. The lowest BCUT2D eigenvalue weighted by atomic mass is 10.2. The Balaban J connectivity index is 3.35. The summed E-state index contributed by atoms with van der Waals surface area (Å²) in [5.41, 5.74) is 4.22. The lowest BCUT2D eigenvalue weighted by Gasteiger charge is -2.05. The lowest BCUT2D eigenvalue weighted by Crippen LogP contribution is -2.03. The van der Waals surface area contributed by atoms with E-state index in [0.29, 0.717) is 0 Å². The number of halogens is 4. The Morgan fingerprint density at radius 3 is 2.57 bits per heavy atom. The van der Waals surface area contributed by atoms with Crippen LogP contribution in [0.1, 0.15) is 22.5 Å². The van der Waals surface area contributed by atoms with Gasteiger partial charge in [0.2, 0.25) is 0 Å². The summed E-state index contributed by atoms with van der Waals surface area (Å²) < 4.78 is 24.4. The highest BCUT2D eigenvalue weighted by Gasteiger charge is 2.17. The molecule has 76 valence electrons. The van der Waals surface area contributed by atoms with Crippen molar-refractivity contribution in [2.24, 2.45) is 0 Å². The van der Waals surface area contributed by atoms with Crippen LogP contribution < -0.4 is 5.73 Å². The number of nitrogens with two attached hydrogens (primary N) is 1. The van der Waals surface area contributed by atoms with E-state index in [-0.39, 0.29) is 16.4 Å². The van der Waals surface area contributed by atoms with E-state index in [0.717, 1.165) is 6.07 Å². The van der Waals surface area contributed by atoms with Gasteiger partial charge >= 0.3 is 0 Å². The molecule has 0 aliphatic carbocycles. The van der Waals surface area contributed by atoms with E-state index in [2.05, 4.69) is 4.98 Å². The minimum absolute atomic E-state index is 0.198. The monoisotopic (exact) mass is 240 g/mol. The van der Waals surface area contributed by atoms with Gasteiger partial charge in [0.25, 0.3) is 11.7 Å². The Morgan fingerprint density at radius 1 is 1.57 bits per heavy atom. The van der Waals surface area contributed by atoms with Crippen LogP contribution in [0.2, 0.25) is 5.15 Å². The number of carbonyl (C=O) groups is 1. The number of pyridine rings is 1. The van der Waals surface area contributed by atoms with Crippen molar-refractivity contribution >= 4 is 34.1 Å². The van der Waals surface area contributed by atoms with Crippen molar-refractivity contribution in [3.63, 3.8) is 0 Å². The number of alkyl halides is 2. The van der Waals surface area contributed by atoms with Gasteiger partial charge in [-0.2, -0.15) is 0 Å². The summed E-state index contributed by atoms with van der Waals surface area (Å²) in [6.45, 7) is 0. The molecule has 0 spiro atoms. The number of carbonyl (C=O) groups excluding carboxylic acids is 1. The minimum atomic E-state index is -2.83. The standard InChI is InChI=1S/C7H4Cl2F2N2O/c8-5-4(12)2(6(9)14)1-3(13-5)7(10)11/h1,7H,12H2. The summed E-state index contributed by atoms with van der Waals surface area (Å²) in [6, 6.07) is 0.821. The van der Waals surface area contributed by atoms with E-state index in [1.165, 1.54) is 0 Å². The second-order valence-electron chi connectivity index (χ2n) is 2.37. The molecule has 0 saturated heterocycles. The van der Waals surface area contributed by atoms with Crippen molar-refractivity contribution in [3.8, 4) is 0 Å². The fourth-order valence-corrected chi connectivity index (χ4v) is 1.17. The molecule has 1 heterocycles. The summed E-state index contributed by atoms with van der Waals surface area (Å²) in [4.78, 5) is 14.0. The van der Waals surface area contributed by atoms with Gasteiger partial charge in [-0.25, -0.2) is 13.8 Å². The SMILES string of the molecule is Nc1c(C(=O)Cl)cc(C(F)F)nc1Cl. The third-order valence-electron chi connectivity index (χ3n) is 1.47. The fourth-order valence-electron chi connectivity index (χ4n) is 0.817. The number of hydrogen-bond acceptors (Lipinski definition) is 3. The second kappa shape index (κ2) is 4.06. The maximum Gasteiger partial charge on any atom is 0.280 e. The minimum Gasteiger partial charge on any atom is -0.396 e. The zero-order chi connectivity index (χ0) is 10.9. The van der Waals surface area contributed by atoms with E-state index in [1.54, 1.807) is 0 Å². The zero-order valence-electron chi connectivity index (χ0n) is 6.60. The van der Waals surface area contributed by atoms with Crippen LogP contribution in [-0.4, -0.2) is 10.2 Å². The second-order valence-corrected chi connectivity index (χ2v) is 3.07. The Bertz CT molecular complexity index is 384. The van der Waals surface area contributed by atoms with E-state index in [9.17, 15) is 13.6 Å². The maximum atomic E-state index is 12.2. The molecule has 0 bridgehead atoms. The van der Waals surface area contributed by atoms with Crippen molar-refractivity contribution in [1.82, 2.24) is 4.98 Å². The molecule has 1 aromatic rings. The van der Waals surface area contributed by atoms with Gasteiger partial charge in [-0.05, 0) is 17.7 Å². The van der Waals surface area contributed by atoms with Crippen molar-refractivity contribution in [3.05, 3.63) is 22.5 Å². The first-order valence-corrected chi connectivity index (χ1v) is 4.13. The van der Waals surface area contributed by atoms with Crippen molar-refractivity contribution < 1.29 is 13.6 Å². The molecule has 0 aromatic carbocycles. The fraction of sp³-hybridized carbons (Fsp3) is 0.143. The number of aromatic nitrogens is 1. The Hall–Kier alpha value is -0.940. The lowest BCUT2D eigenvalue weighted by molar-refractivity contribution is 0.108. The number of nitrogen functional groups attached to an aromatic ring is 1.